The second-order valence-electron chi connectivity index (χ2n) is 9.93. The molecule has 0 saturated heterocycles. The van der Waals surface area contributed by atoms with Crippen LogP contribution in [0.25, 0.3) is 11.3 Å². The summed E-state index contributed by atoms with van der Waals surface area (Å²) < 4.78 is 43.6. The lowest BCUT2D eigenvalue weighted by Gasteiger charge is -2.23. The molecule has 0 unspecified atom stereocenters. The fourth-order valence-corrected chi connectivity index (χ4v) is 5.66. The van der Waals surface area contributed by atoms with E-state index >= 15 is 0 Å². The zero-order chi connectivity index (χ0) is 29.9. The number of ether oxygens (including phenoxy) is 1. The van der Waals surface area contributed by atoms with E-state index in [1.807, 2.05) is 17.5 Å². The SMILES string of the molecule is COC(=O)[C@H](O)CNC(=O)c1ccc(CN(c2ccc3c(c2)CCC3)c2nc(-c3ccc(C(F)(F)F)cc3)cs2)cc1. The van der Waals surface area contributed by atoms with Gasteiger partial charge >= 0.3 is 12.1 Å². The van der Waals surface area contributed by atoms with Gasteiger partial charge in [0.2, 0.25) is 0 Å². The summed E-state index contributed by atoms with van der Waals surface area (Å²) in [5, 5.41) is 14.7. The summed E-state index contributed by atoms with van der Waals surface area (Å²) in [5.41, 5.74) is 5.28. The average molecular weight is 596 g/mol. The van der Waals surface area contributed by atoms with Crippen molar-refractivity contribution in [1.29, 1.82) is 0 Å². The third-order valence-electron chi connectivity index (χ3n) is 7.11. The number of aliphatic hydroxyl groups excluding tert-OH is 1. The second kappa shape index (κ2) is 12.3. The summed E-state index contributed by atoms with van der Waals surface area (Å²) in [5.74, 6) is -1.28. The maximum Gasteiger partial charge on any atom is 0.416 e. The van der Waals surface area contributed by atoms with Crippen LogP contribution in [-0.2, 0) is 35.1 Å². The van der Waals surface area contributed by atoms with Crippen LogP contribution in [0, 0.1) is 0 Å². The van der Waals surface area contributed by atoms with E-state index in [1.54, 1.807) is 12.1 Å². The molecule has 0 saturated carbocycles. The molecule has 1 aliphatic rings. The van der Waals surface area contributed by atoms with Gasteiger partial charge in [-0.1, -0.05) is 30.3 Å². The molecule has 1 heterocycles. The molecule has 1 atom stereocenters. The number of benzene rings is 3. The molecular formula is C31H28F3N3O4S. The topological polar surface area (TPSA) is 91.8 Å². The van der Waals surface area contributed by atoms with Crippen molar-refractivity contribution in [2.24, 2.45) is 0 Å². The van der Waals surface area contributed by atoms with Crippen molar-refractivity contribution in [2.75, 3.05) is 18.6 Å². The van der Waals surface area contributed by atoms with Crippen LogP contribution in [0.4, 0.5) is 24.0 Å². The van der Waals surface area contributed by atoms with E-state index in [4.69, 9.17) is 4.98 Å². The van der Waals surface area contributed by atoms with Crippen molar-refractivity contribution in [3.8, 4) is 11.3 Å². The van der Waals surface area contributed by atoms with E-state index in [-0.39, 0.29) is 6.54 Å². The summed E-state index contributed by atoms with van der Waals surface area (Å²) in [6.45, 7) is 0.159. The molecule has 1 amide bonds. The largest absolute Gasteiger partial charge is 0.467 e. The molecule has 42 heavy (non-hydrogen) atoms. The number of fused-ring (bicyclic) bond motifs is 1. The van der Waals surface area contributed by atoms with Crippen molar-refractivity contribution < 1.29 is 32.6 Å². The summed E-state index contributed by atoms with van der Waals surface area (Å²) in [6.07, 6.45) is -2.71. The molecule has 0 bridgehead atoms. The summed E-state index contributed by atoms with van der Waals surface area (Å²) in [6, 6.07) is 18.3. The van der Waals surface area contributed by atoms with Gasteiger partial charge in [0.1, 0.15) is 0 Å². The fourth-order valence-electron chi connectivity index (χ4n) is 4.80. The molecule has 0 radical (unpaired) electrons. The van der Waals surface area contributed by atoms with E-state index in [0.29, 0.717) is 28.5 Å². The van der Waals surface area contributed by atoms with Crippen LogP contribution in [0.1, 0.15) is 39.0 Å². The van der Waals surface area contributed by atoms with E-state index in [0.717, 1.165) is 49.8 Å². The first kappa shape index (κ1) is 29.3. The molecule has 11 heteroatoms. The van der Waals surface area contributed by atoms with Crippen LogP contribution in [0.15, 0.2) is 72.1 Å². The molecule has 7 nitrogen and oxygen atoms in total. The predicted molar refractivity (Wildman–Crippen MR) is 154 cm³/mol. The highest BCUT2D eigenvalue weighted by atomic mass is 32.1. The number of rotatable bonds is 9. The number of carbonyl (C=O) groups excluding carboxylic acids is 2. The number of amides is 1. The third kappa shape index (κ3) is 6.63. The number of esters is 1. The number of methoxy groups -OCH3 is 1. The summed E-state index contributed by atoms with van der Waals surface area (Å²) in [7, 11) is 1.15. The van der Waals surface area contributed by atoms with E-state index in [1.165, 1.54) is 34.6 Å². The van der Waals surface area contributed by atoms with Crippen LogP contribution in [0.3, 0.4) is 0 Å². The van der Waals surface area contributed by atoms with Gasteiger partial charge in [-0.15, -0.1) is 11.3 Å². The molecule has 1 aromatic heterocycles. The molecule has 3 aromatic carbocycles. The number of anilines is 2. The van der Waals surface area contributed by atoms with Crippen molar-refractivity contribution in [3.63, 3.8) is 0 Å². The lowest BCUT2D eigenvalue weighted by Crippen LogP contribution is -2.37. The van der Waals surface area contributed by atoms with Gasteiger partial charge in [-0.25, -0.2) is 9.78 Å². The minimum Gasteiger partial charge on any atom is -0.467 e. The molecule has 0 aliphatic heterocycles. The Bertz CT molecular complexity index is 1570. The maximum absolute atomic E-state index is 13.0. The summed E-state index contributed by atoms with van der Waals surface area (Å²) >= 11 is 1.40. The quantitative estimate of drug-likeness (QED) is 0.234. The Balaban J connectivity index is 1.37. The molecule has 2 N–H and O–H groups in total. The Morgan fingerprint density at radius 1 is 1.05 bits per heavy atom. The number of aliphatic hydroxyl groups is 1. The molecular weight excluding hydrogens is 567 g/mol. The maximum atomic E-state index is 13.0. The van der Waals surface area contributed by atoms with Crippen LogP contribution in [0.2, 0.25) is 0 Å². The summed E-state index contributed by atoms with van der Waals surface area (Å²) in [4.78, 5) is 30.7. The standard InChI is InChI=1S/C31H28F3N3O4S/c1-41-29(40)27(38)16-35-28(39)22-7-5-19(6-8-22)17-37(25-14-11-20-3-2-4-23(20)15-25)30-36-26(18-42-30)21-9-12-24(13-10-21)31(32,33)34/h5-15,18,27,38H,2-4,16-17H2,1H3,(H,35,39)/t27-/m1/s1. The number of alkyl halides is 3. The zero-order valence-corrected chi connectivity index (χ0v) is 23.5. The number of hydrogen-bond donors (Lipinski definition) is 2. The molecule has 0 spiro atoms. The number of hydrogen-bond acceptors (Lipinski definition) is 7. The minimum atomic E-state index is -4.41. The van der Waals surface area contributed by atoms with Gasteiger partial charge in [0.25, 0.3) is 5.91 Å². The molecule has 0 fully saturated rings. The Morgan fingerprint density at radius 3 is 2.45 bits per heavy atom. The first-order chi connectivity index (χ1) is 20.1. The molecule has 1 aliphatic carbocycles. The van der Waals surface area contributed by atoms with Gasteiger partial charge in [-0.05, 0) is 72.4 Å². The van der Waals surface area contributed by atoms with Gasteiger partial charge < -0.3 is 20.1 Å². The van der Waals surface area contributed by atoms with Crippen LogP contribution < -0.4 is 10.2 Å². The number of aryl methyl sites for hydroxylation is 2. The van der Waals surface area contributed by atoms with Gasteiger partial charge in [0.05, 0.1) is 31.5 Å². The van der Waals surface area contributed by atoms with E-state index < -0.39 is 29.7 Å². The normalized spacial score (nSPS) is 13.4. The Labute approximate surface area is 244 Å². The first-order valence-electron chi connectivity index (χ1n) is 13.3. The van der Waals surface area contributed by atoms with Crippen molar-refractivity contribution >= 4 is 34.0 Å². The average Bonchev–Trinajstić information content (AvgIpc) is 3.68. The number of halogens is 3. The van der Waals surface area contributed by atoms with E-state index in [9.17, 15) is 27.9 Å². The number of nitrogens with zero attached hydrogens (tertiary/aromatic N) is 2. The van der Waals surface area contributed by atoms with Crippen LogP contribution in [-0.4, -0.2) is 41.7 Å². The Morgan fingerprint density at radius 2 is 1.76 bits per heavy atom. The van der Waals surface area contributed by atoms with Crippen molar-refractivity contribution in [1.82, 2.24) is 10.3 Å². The molecule has 5 rings (SSSR count). The monoisotopic (exact) mass is 595 g/mol. The number of thiazole rings is 1. The number of aromatic nitrogens is 1. The number of carbonyl (C=O) groups is 2. The highest BCUT2D eigenvalue weighted by Gasteiger charge is 2.30. The van der Waals surface area contributed by atoms with Gasteiger partial charge in [-0.3, -0.25) is 4.79 Å². The van der Waals surface area contributed by atoms with Crippen molar-refractivity contribution in [2.45, 2.75) is 38.1 Å². The lowest BCUT2D eigenvalue weighted by molar-refractivity contribution is -0.149. The smallest absolute Gasteiger partial charge is 0.416 e. The first-order valence-corrected chi connectivity index (χ1v) is 14.2. The Hall–Kier alpha value is -4.22. The Kier molecular flexibility index (Phi) is 8.60. The molecule has 4 aromatic rings. The third-order valence-corrected chi connectivity index (χ3v) is 7.97. The van der Waals surface area contributed by atoms with E-state index in [2.05, 4.69) is 33.2 Å². The highest BCUT2D eigenvalue weighted by Crippen LogP contribution is 2.37. The number of nitrogens with one attached hydrogen (secondary N) is 1. The van der Waals surface area contributed by atoms with Crippen LogP contribution >= 0.6 is 11.3 Å². The minimum absolute atomic E-state index is 0.273. The zero-order valence-electron chi connectivity index (χ0n) is 22.6. The van der Waals surface area contributed by atoms with Crippen LogP contribution in [0.5, 0.6) is 0 Å². The van der Waals surface area contributed by atoms with Crippen molar-refractivity contribution in [3.05, 3.63) is 99.9 Å². The van der Waals surface area contributed by atoms with Gasteiger partial charge in [-0.2, -0.15) is 13.2 Å². The predicted octanol–water partition coefficient (Wildman–Crippen LogP) is 5.92. The van der Waals surface area contributed by atoms with Gasteiger partial charge in [0, 0.05) is 22.2 Å². The van der Waals surface area contributed by atoms with Gasteiger partial charge in [0.15, 0.2) is 11.2 Å². The lowest BCUT2D eigenvalue weighted by atomic mass is 10.1. The molecule has 218 valence electrons. The fraction of sp³-hybridized carbons (Fsp3) is 0.258. The highest BCUT2D eigenvalue weighted by molar-refractivity contribution is 7.14. The second-order valence-corrected chi connectivity index (χ2v) is 10.8.